The second-order valence-corrected chi connectivity index (χ2v) is 4.56. The zero-order valence-corrected chi connectivity index (χ0v) is 11.0. The minimum atomic E-state index is -0.804. The molecular weight excluding hydrogens is 270 g/mol. The molecule has 0 saturated heterocycles. The van der Waals surface area contributed by atoms with Crippen molar-refractivity contribution in [3.05, 3.63) is 34.3 Å². The smallest absolute Gasteiger partial charge is 0.320 e. The molecule has 0 bridgehead atoms. The van der Waals surface area contributed by atoms with Gasteiger partial charge in [0.25, 0.3) is 0 Å². The summed E-state index contributed by atoms with van der Waals surface area (Å²) in [4.78, 5) is 10.9. The number of rotatable bonds is 5. The molecule has 0 fully saturated rings. The van der Waals surface area contributed by atoms with E-state index in [1.54, 1.807) is 0 Å². The largest absolute Gasteiger partial charge is 0.480 e. The van der Waals surface area contributed by atoms with Crippen LogP contribution in [0.3, 0.4) is 0 Å². The maximum atomic E-state index is 10.9. The van der Waals surface area contributed by atoms with Crippen LogP contribution in [-0.4, -0.2) is 17.1 Å². The SMILES string of the molecule is CCC(N[C@@H](C)c1ccccc1Br)C(=O)O. The Kier molecular flexibility index (Phi) is 4.96. The average Bonchev–Trinajstić information content (AvgIpc) is 2.25. The third-order valence-electron chi connectivity index (χ3n) is 2.53. The lowest BCUT2D eigenvalue weighted by Crippen LogP contribution is -2.37. The van der Waals surface area contributed by atoms with Crippen molar-refractivity contribution in [2.75, 3.05) is 0 Å². The maximum Gasteiger partial charge on any atom is 0.320 e. The number of carbonyl (C=O) groups is 1. The Bertz CT molecular complexity index is 368. The normalized spacial score (nSPS) is 14.4. The van der Waals surface area contributed by atoms with E-state index in [2.05, 4.69) is 21.2 Å². The van der Waals surface area contributed by atoms with Crippen molar-refractivity contribution in [3.63, 3.8) is 0 Å². The number of carboxylic acids is 1. The van der Waals surface area contributed by atoms with E-state index < -0.39 is 12.0 Å². The van der Waals surface area contributed by atoms with Gasteiger partial charge in [-0.25, -0.2) is 0 Å². The van der Waals surface area contributed by atoms with E-state index in [1.807, 2.05) is 38.1 Å². The molecule has 1 unspecified atom stereocenters. The molecule has 0 amide bonds. The van der Waals surface area contributed by atoms with Gasteiger partial charge in [-0.3, -0.25) is 10.1 Å². The van der Waals surface area contributed by atoms with E-state index >= 15 is 0 Å². The zero-order valence-electron chi connectivity index (χ0n) is 9.40. The quantitative estimate of drug-likeness (QED) is 0.875. The van der Waals surface area contributed by atoms with Gasteiger partial charge < -0.3 is 5.11 Å². The summed E-state index contributed by atoms with van der Waals surface area (Å²) in [6.07, 6.45) is 0.574. The fourth-order valence-corrected chi connectivity index (χ4v) is 2.21. The van der Waals surface area contributed by atoms with Crippen LogP contribution in [-0.2, 0) is 4.79 Å². The molecular formula is C12H16BrNO2. The molecule has 0 spiro atoms. The summed E-state index contributed by atoms with van der Waals surface area (Å²) in [7, 11) is 0. The lowest BCUT2D eigenvalue weighted by Gasteiger charge is -2.20. The topological polar surface area (TPSA) is 49.3 Å². The first-order chi connectivity index (χ1) is 7.56. The molecule has 2 N–H and O–H groups in total. The second-order valence-electron chi connectivity index (χ2n) is 3.71. The van der Waals surface area contributed by atoms with E-state index in [1.165, 1.54) is 0 Å². The van der Waals surface area contributed by atoms with Gasteiger partial charge in [0.1, 0.15) is 6.04 Å². The van der Waals surface area contributed by atoms with E-state index in [0.29, 0.717) is 6.42 Å². The van der Waals surface area contributed by atoms with Gasteiger partial charge in [-0.1, -0.05) is 41.1 Å². The van der Waals surface area contributed by atoms with Gasteiger partial charge in [-0.15, -0.1) is 0 Å². The molecule has 0 aliphatic carbocycles. The molecule has 0 aliphatic heterocycles. The van der Waals surface area contributed by atoms with Crippen LogP contribution < -0.4 is 5.32 Å². The predicted molar refractivity (Wildman–Crippen MR) is 67.4 cm³/mol. The van der Waals surface area contributed by atoms with Crippen molar-refractivity contribution in [3.8, 4) is 0 Å². The summed E-state index contributed by atoms with van der Waals surface area (Å²) in [5.41, 5.74) is 1.07. The van der Waals surface area contributed by atoms with Crippen molar-refractivity contribution in [1.29, 1.82) is 0 Å². The highest BCUT2D eigenvalue weighted by molar-refractivity contribution is 9.10. The Hall–Kier alpha value is -0.870. The highest BCUT2D eigenvalue weighted by Crippen LogP contribution is 2.23. The molecule has 16 heavy (non-hydrogen) atoms. The Balaban J connectivity index is 2.75. The van der Waals surface area contributed by atoms with Gasteiger partial charge in [0.05, 0.1) is 0 Å². The predicted octanol–water partition coefficient (Wildman–Crippen LogP) is 2.96. The fraction of sp³-hybridized carbons (Fsp3) is 0.417. The van der Waals surface area contributed by atoms with E-state index in [4.69, 9.17) is 5.11 Å². The van der Waals surface area contributed by atoms with Gasteiger partial charge >= 0.3 is 5.97 Å². The minimum Gasteiger partial charge on any atom is -0.480 e. The number of benzene rings is 1. The number of carboxylic acid groups (broad SMARTS) is 1. The lowest BCUT2D eigenvalue weighted by molar-refractivity contribution is -0.139. The summed E-state index contributed by atoms with van der Waals surface area (Å²) in [6, 6.07) is 7.33. The maximum absolute atomic E-state index is 10.9. The summed E-state index contributed by atoms with van der Waals surface area (Å²) in [5, 5.41) is 12.1. The van der Waals surface area contributed by atoms with Gasteiger partial charge in [0, 0.05) is 10.5 Å². The Morgan fingerprint density at radius 2 is 2.12 bits per heavy atom. The fourth-order valence-electron chi connectivity index (χ4n) is 1.58. The van der Waals surface area contributed by atoms with Crippen LogP contribution in [0.2, 0.25) is 0 Å². The molecule has 1 aromatic carbocycles. The average molecular weight is 286 g/mol. The Morgan fingerprint density at radius 1 is 1.50 bits per heavy atom. The highest BCUT2D eigenvalue weighted by Gasteiger charge is 2.18. The number of hydrogen-bond acceptors (Lipinski definition) is 2. The Labute approximate surface area is 104 Å². The molecule has 4 heteroatoms. The summed E-state index contributed by atoms with van der Waals surface area (Å²) in [5.74, 6) is -0.804. The van der Waals surface area contributed by atoms with E-state index in [0.717, 1.165) is 10.0 Å². The molecule has 0 aromatic heterocycles. The number of aliphatic carboxylic acids is 1. The molecule has 2 atom stereocenters. The highest BCUT2D eigenvalue weighted by atomic mass is 79.9. The van der Waals surface area contributed by atoms with Crippen LogP contribution in [0.1, 0.15) is 31.9 Å². The third-order valence-corrected chi connectivity index (χ3v) is 3.25. The van der Waals surface area contributed by atoms with Crippen molar-refractivity contribution in [1.82, 2.24) is 5.32 Å². The van der Waals surface area contributed by atoms with Crippen LogP contribution in [0, 0.1) is 0 Å². The van der Waals surface area contributed by atoms with Gasteiger partial charge in [-0.2, -0.15) is 0 Å². The molecule has 0 heterocycles. The standard InChI is InChI=1S/C12H16BrNO2/c1-3-11(12(15)16)14-8(2)9-6-4-5-7-10(9)13/h4-8,11,14H,3H2,1-2H3,(H,15,16)/t8-,11?/m0/s1. The number of hydrogen-bond donors (Lipinski definition) is 2. The molecule has 88 valence electrons. The van der Waals surface area contributed by atoms with Crippen LogP contribution in [0.5, 0.6) is 0 Å². The monoisotopic (exact) mass is 285 g/mol. The van der Waals surface area contributed by atoms with Crippen LogP contribution in [0.4, 0.5) is 0 Å². The zero-order chi connectivity index (χ0) is 12.1. The van der Waals surface area contributed by atoms with E-state index in [9.17, 15) is 4.79 Å². The lowest BCUT2D eigenvalue weighted by atomic mass is 10.1. The molecule has 1 aromatic rings. The minimum absolute atomic E-state index is 0.0108. The first-order valence-corrected chi connectivity index (χ1v) is 6.08. The molecule has 1 rings (SSSR count). The molecule has 0 aliphatic rings. The molecule has 0 radical (unpaired) electrons. The number of halogens is 1. The van der Waals surface area contributed by atoms with Crippen molar-refractivity contribution in [2.45, 2.75) is 32.4 Å². The molecule has 3 nitrogen and oxygen atoms in total. The molecule has 0 saturated carbocycles. The van der Waals surface area contributed by atoms with Crippen molar-refractivity contribution >= 4 is 21.9 Å². The van der Waals surface area contributed by atoms with Crippen LogP contribution >= 0.6 is 15.9 Å². The second kappa shape index (κ2) is 6.01. The summed E-state index contributed by atoms with van der Waals surface area (Å²) >= 11 is 3.46. The number of nitrogens with one attached hydrogen (secondary N) is 1. The van der Waals surface area contributed by atoms with Crippen molar-refractivity contribution in [2.24, 2.45) is 0 Å². The summed E-state index contributed by atoms with van der Waals surface area (Å²) < 4.78 is 0.996. The van der Waals surface area contributed by atoms with E-state index in [-0.39, 0.29) is 6.04 Å². The first-order valence-electron chi connectivity index (χ1n) is 5.29. The van der Waals surface area contributed by atoms with Gasteiger partial charge in [-0.05, 0) is 25.0 Å². The summed E-state index contributed by atoms with van der Waals surface area (Å²) in [6.45, 7) is 3.82. The first kappa shape index (κ1) is 13.2. The Morgan fingerprint density at radius 3 is 2.62 bits per heavy atom. The van der Waals surface area contributed by atoms with Crippen LogP contribution in [0.15, 0.2) is 28.7 Å². The third kappa shape index (κ3) is 3.32. The van der Waals surface area contributed by atoms with Gasteiger partial charge in [0.2, 0.25) is 0 Å². The van der Waals surface area contributed by atoms with Crippen molar-refractivity contribution < 1.29 is 9.90 Å². The van der Waals surface area contributed by atoms with Crippen LogP contribution in [0.25, 0.3) is 0 Å². The van der Waals surface area contributed by atoms with Gasteiger partial charge in [0.15, 0.2) is 0 Å².